The molecule has 2 aliphatic heterocycles. The first-order valence-corrected chi connectivity index (χ1v) is 26.8. The number of hydrogen-bond donors (Lipinski definition) is 10. The molecule has 392 valence electrons. The largest absolute Gasteiger partial charge is 1.00 e. The molecule has 4 unspecified atom stereocenters. The molecule has 14 atom stereocenters. The smallest absolute Gasteiger partial charge is 0.538 e. The van der Waals surface area contributed by atoms with Crippen molar-refractivity contribution in [3.8, 4) is 0 Å². The molecule has 0 aromatic heterocycles. The predicted octanol–water partition coefficient (Wildman–Crippen LogP) is -3.24. The molecule has 0 spiro atoms. The number of rotatable bonds is 36. The molecule has 26 heteroatoms. The van der Waals surface area contributed by atoms with E-state index in [2.05, 4.69) is 22.9 Å². The van der Waals surface area contributed by atoms with Crippen molar-refractivity contribution in [2.24, 2.45) is 0 Å². The summed E-state index contributed by atoms with van der Waals surface area (Å²) < 4.78 is 53.2. The summed E-state index contributed by atoms with van der Waals surface area (Å²) in [6.07, 6.45) is 2.14. The SMILES string of the molecule is CCCCCCCCCCCCCCOP(=O)(OC(O)[C@H]1O[C@@H](O)[C@H](O)[C@@H](O)[C@@H]1O)C(=O)[O-].CCCCCCCCCCCCCCOP(=O)(OC(O)[C@H]1O[C@@H](O)[C@H](O)[C@@H](O)[C@@H]1O)C(=O)[O-].[Na+].[Na+]. The third-order valence-electron chi connectivity index (χ3n) is 11.3. The van der Waals surface area contributed by atoms with Gasteiger partial charge in [0.15, 0.2) is 36.6 Å². The average molecular weight is 1050 g/mol. The van der Waals surface area contributed by atoms with Crippen molar-refractivity contribution in [3.63, 3.8) is 0 Å². The summed E-state index contributed by atoms with van der Waals surface area (Å²) in [6.45, 7) is 3.96. The first-order chi connectivity index (χ1) is 31.3. The van der Waals surface area contributed by atoms with Crippen molar-refractivity contribution >= 4 is 26.6 Å². The van der Waals surface area contributed by atoms with Crippen LogP contribution in [-0.4, -0.2) is 150 Å². The molecule has 10 N–H and O–H groups in total. The number of aliphatic hydroxyl groups is 10. The Labute approximate surface area is 445 Å². The monoisotopic (exact) mass is 1040 g/mol. The van der Waals surface area contributed by atoms with Gasteiger partial charge in [-0.3, -0.25) is 18.2 Å². The van der Waals surface area contributed by atoms with Gasteiger partial charge in [0.2, 0.25) is 0 Å². The van der Waals surface area contributed by atoms with E-state index in [9.17, 15) is 80.0 Å². The second kappa shape index (κ2) is 40.1. The number of unbranched alkanes of at least 4 members (excludes halogenated alkanes) is 22. The topological polar surface area (TPSA) is 372 Å². The van der Waals surface area contributed by atoms with Crippen molar-refractivity contribution in [1.82, 2.24) is 0 Å². The molecule has 0 bridgehead atoms. The molecule has 0 aliphatic carbocycles. The van der Waals surface area contributed by atoms with Gasteiger partial charge in [-0.2, -0.15) is 0 Å². The molecule has 0 aromatic rings. The minimum atomic E-state index is -4.94. The summed E-state index contributed by atoms with van der Waals surface area (Å²) in [4.78, 5) is 22.5. The standard InChI is InChI=1S/2C21H41O11P.2Na/c2*1-2-3-4-5-6-7-8-9-10-11-12-13-14-30-33(29,21(27)28)32-20(26)18-16(23)15(22)17(24)19(25)31-18;;/h2*15-20,22-26H,2-14H2,1H3,(H,27,28);;/q;;2*+1/p-2/t2*15-,16-,17+,18-,19+,20?,33?;;/m00../s1. The Morgan fingerprint density at radius 2 is 0.676 bits per heavy atom. The number of carbonyl (C=O) groups is 2. The van der Waals surface area contributed by atoms with E-state index in [0.29, 0.717) is 12.8 Å². The van der Waals surface area contributed by atoms with E-state index in [-0.39, 0.29) is 72.3 Å². The summed E-state index contributed by atoms with van der Waals surface area (Å²) in [5, 5.41) is 119. The number of aliphatic hydroxyl groups excluding tert-OH is 10. The second-order valence-electron chi connectivity index (χ2n) is 16.9. The zero-order valence-electron chi connectivity index (χ0n) is 40.6. The molecule has 22 nitrogen and oxygen atoms in total. The number of hydrogen-bond acceptors (Lipinski definition) is 22. The molecule has 2 rings (SSSR count). The minimum absolute atomic E-state index is 0. The van der Waals surface area contributed by atoms with E-state index >= 15 is 0 Å². The van der Waals surface area contributed by atoms with E-state index in [4.69, 9.17) is 18.5 Å². The van der Waals surface area contributed by atoms with Gasteiger partial charge in [0.25, 0.3) is 0 Å². The molecule has 0 saturated carbocycles. The van der Waals surface area contributed by atoms with Crippen LogP contribution in [-0.2, 0) is 36.7 Å². The van der Waals surface area contributed by atoms with Crippen LogP contribution in [0, 0.1) is 0 Å². The van der Waals surface area contributed by atoms with Crippen LogP contribution in [0.15, 0.2) is 0 Å². The van der Waals surface area contributed by atoms with Gasteiger partial charge in [0.05, 0.1) is 13.2 Å². The number of ether oxygens (including phenoxy) is 2. The molecule has 0 aromatic carbocycles. The third-order valence-corrected chi connectivity index (χ3v) is 14.2. The molecular weight excluding hydrogens is 964 g/mol. The normalized spacial score (nSPS) is 27.5. The van der Waals surface area contributed by atoms with Crippen LogP contribution >= 0.6 is 15.2 Å². The maximum absolute atomic E-state index is 12.4. The Morgan fingerprint density at radius 1 is 0.441 bits per heavy atom. The Hall–Kier alpha value is 0.760. The summed E-state index contributed by atoms with van der Waals surface area (Å²) in [5.74, 6) is 0. The molecule has 2 aliphatic rings. The zero-order valence-corrected chi connectivity index (χ0v) is 46.4. The Bertz CT molecular complexity index is 1290. The fraction of sp³-hybridized carbons (Fsp3) is 0.952. The van der Waals surface area contributed by atoms with Crippen LogP contribution in [0.2, 0.25) is 0 Å². The van der Waals surface area contributed by atoms with Gasteiger partial charge in [-0.05, 0) is 12.8 Å². The van der Waals surface area contributed by atoms with E-state index < -0.39 is 101 Å². The van der Waals surface area contributed by atoms with Gasteiger partial charge in [-0.15, -0.1) is 0 Å². The van der Waals surface area contributed by atoms with Crippen LogP contribution in [0.1, 0.15) is 168 Å². The van der Waals surface area contributed by atoms with Gasteiger partial charge >= 0.3 is 74.3 Å². The minimum Gasteiger partial charge on any atom is -0.538 e. The van der Waals surface area contributed by atoms with Crippen LogP contribution in [0.25, 0.3) is 0 Å². The van der Waals surface area contributed by atoms with Crippen LogP contribution in [0.5, 0.6) is 0 Å². The van der Waals surface area contributed by atoms with Gasteiger partial charge < -0.3 is 89.4 Å². The van der Waals surface area contributed by atoms with Crippen molar-refractivity contribution in [2.75, 3.05) is 13.2 Å². The predicted molar refractivity (Wildman–Crippen MR) is 232 cm³/mol. The van der Waals surface area contributed by atoms with Crippen LogP contribution < -0.4 is 69.3 Å². The van der Waals surface area contributed by atoms with E-state index in [1.807, 2.05) is 0 Å². The summed E-state index contributed by atoms with van der Waals surface area (Å²) in [6, 6.07) is 0. The maximum Gasteiger partial charge on any atom is 1.00 e. The van der Waals surface area contributed by atoms with E-state index in [1.54, 1.807) is 0 Å². The third kappa shape index (κ3) is 27.3. The summed E-state index contributed by atoms with van der Waals surface area (Å²) in [5.41, 5.74) is -4.38. The van der Waals surface area contributed by atoms with Crippen LogP contribution in [0.3, 0.4) is 0 Å². The van der Waals surface area contributed by atoms with Crippen LogP contribution in [0.4, 0.5) is 9.59 Å². The number of carbonyl (C=O) groups excluding carboxylic acids is 2. The molecule has 0 amide bonds. The van der Waals surface area contributed by atoms with Gasteiger partial charge in [0, 0.05) is 0 Å². The zero-order chi connectivity index (χ0) is 49.7. The molecule has 2 saturated heterocycles. The second-order valence-corrected chi connectivity index (χ2v) is 20.5. The van der Waals surface area contributed by atoms with Gasteiger partial charge in [-0.25, -0.2) is 0 Å². The molecule has 0 radical (unpaired) electrons. The van der Waals surface area contributed by atoms with Crippen molar-refractivity contribution in [1.29, 1.82) is 0 Å². The Morgan fingerprint density at radius 3 is 0.912 bits per heavy atom. The van der Waals surface area contributed by atoms with Crippen molar-refractivity contribution in [3.05, 3.63) is 0 Å². The quantitative estimate of drug-likeness (QED) is 0.0128. The fourth-order valence-electron chi connectivity index (χ4n) is 7.16. The summed E-state index contributed by atoms with van der Waals surface area (Å²) in [7, 11) is -9.88. The molecule has 2 fully saturated rings. The Balaban J connectivity index is 0. The Kier molecular flexibility index (Phi) is 41.8. The van der Waals surface area contributed by atoms with Crippen molar-refractivity contribution < 1.29 is 167 Å². The summed E-state index contributed by atoms with van der Waals surface area (Å²) >= 11 is 0. The van der Waals surface area contributed by atoms with Gasteiger partial charge in [-0.1, -0.05) is 155 Å². The van der Waals surface area contributed by atoms with E-state index in [1.165, 1.54) is 89.9 Å². The van der Waals surface area contributed by atoms with Crippen molar-refractivity contribution in [2.45, 2.75) is 242 Å². The first-order valence-electron chi connectivity index (χ1n) is 23.7. The molecule has 2 heterocycles. The maximum atomic E-state index is 12.4. The number of carboxylic acid groups (broad SMARTS) is 2. The first kappa shape index (κ1) is 70.8. The fourth-order valence-corrected chi connectivity index (χ4v) is 9.21. The van der Waals surface area contributed by atoms with Gasteiger partial charge in [0.1, 0.15) is 48.8 Å². The molecule has 68 heavy (non-hydrogen) atoms. The molecular formula is C42H80Na2O22P2. The average Bonchev–Trinajstić information content (AvgIpc) is 3.27. The van der Waals surface area contributed by atoms with E-state index in [0.717, 1.165) is 51.4 Å².